The summed E-state index contributed by atoms with van der Waals surface area (Å²) in [7, 11) is 0. The molecule has 2 atom stereocenters. The maximum atomic E-state index is 12.9. The molecule has 1 aromatic rings. The molecule has 24 heavy (non-hydrogen) atoms. The molecule has 2 unspecified atom stereocenters. The quantitative estimate of drug-likeness (QED) is 0.840. The molecule has 1 saturated heterocycles. The van der Waals surface area contributed by atoms with Crippen molar-refractivity contribution in [1.29, 1.82) is 0 Å². The van der Waals surface area contributed by atoms with E-state index in [-0.39, 0.29) is 30.3 Å². The molecule has 0 spiro atoms. The first-order chi connectivity index (χ1) is 11.1. The molecule has 5 nitrogen and oxygen atoms in total. The van der Waals surface area contributed by atoms with Gasteiger partial charge in [0.25, 0.3) is 5.91 Å². The number of benzene rings is 1. The highest BCUT2D eigenvalue weighted by atomic mass is 35.5. The van der Waals surface area contributed by atoms with Crippen molar-refractivity contribution in [3.8, 4) is 0 Å². The number of nitrogens with zero attached hydrogens (tertiary/aromatic N) is 1. The van der Waals surface area contributed by atoms with E-state index in [1.54, 1.807) is 17.8 Å². The van der Waals surface area contributed by atoms with Gasteiger partial charge in [-0.05, 0) is 37.0 Å². The lowest BCUT2D eigenvalue weighted by atomic mass is 9.92. The van der Waals surface area contributed by atoms with Crippen LogP contribution in [-0.4, -0.2) is 41.6 Å². The molecule has 2 aliphatic rings. The summed E-state index contributed by atoms with van der Waals surface area (Å²) in [6.45, 7) is 3.45. The highest BCUT2D eigenvalue weighted by molar-refractivity contribution is 7.99. The molecular weight excluding hydrogens is 346 g/mol. The summed E-state index contributed by atoms with van der Waals surface area (Å²) >= 11 is 1.65. The van der Waals surface area contributed by atoms with Crippen molar-refractivity contribution in [3.63, 3.8) is 0 Å². The lowest BCUT2D eigenvalue weighted by Crippen LogP contribution is -2.49. The number of rotatable bonds is 2. The Morgan fingerprint density at radius 1 is 1.46 bits per heavy atom. The molecule has 0 radical (unpaired) electrons. The van der Waals surface area contributed by atoms with E-state index in [0.29, 0.717) is 24.4 Å². The predicted octanol–water partition coefficient (Wildman–Crippen LogP) is 2.74. The molecule has 0 saturated carbocycles. The number of carbonyl (C=O) groups is 2. The van der Waals surface area contributed by atoms with E-state index in [4.69, 9.17) is 5.73 Å². The van der Waals surface area contributed by atoms with Gasteiger partial charge in [-0.2, -0.15) is 0 Å². The Labute approximate surface area is 153 Å². The molecule has 2 aliphatic heterocycles. The number of fused-ring (bicyclic) bond motifs is 1. The molecule has 1 aromatic carbocycles. The SMILES string of the molecule is CC1CCN(C(=O)c2ccc3c(c2)NC(=O)CCS3)C(CN)C1.Cl. The van der Waals surface area contributed by atoms with Crippen LogP contribution in [0.2, 0.25) is 0 Å². The summed E-state index contributed by atoms with van der Waals surface area (Å²) in [5.41, 5.74) is 7.24. The number of likely N-dealkylation sites (tertiary alicyclic amines) is 1. The number of hydrogen-bond acceptors (Lipinski definition) is 4. The lowest BCUT2D eigenvalue weighted by molar-refractivity contribution is -0.115. The van der Waals surface area contributed by atoms with Crippen molar-refractivity contribution >= 4 is 41.7 Å². The first kappa shape index (κ1) is 19.1. The van der Waals surface area contributed by atoms with Gasteiger partial charge in [-0.3, -0.25) is 9.59 Å². The van der Waals surface area contributed by atoms with Crippen LogP contribution in [0.4, 0.5) is 5.69 Å². The second kappa shape index (κ2) is 8.23. The third kappa shape index (κ3) is 4.05. The summed E-state index contributed by atoms with van der Waals surface area (Å²) in [5.74, 6) is 1.40. The van der Waals surface area contributed by atoms with Crippen LogP contribution < -0.4 is 11.1 Å². The molecule has 2 heterocycles. The summed E-state index contributed by atoms with van der Waals surface area (Å²) in [6.07, 6.45) is 2.47. The average molecular weight is 370 g/mol. The van der Waals surface area contributed by atoms with E-state index < -0.39 is 0 Å². The van der Waals surface area contributed by atoms with Gasteiger partial charge in [0, 0.05) is 41.8 Å². The average Bonchev–Trinajstić information content (AvgIpc) is 2.73. The smallest absolute Gasteiger partial charge is 0.254 e. The van der Waals surface area contributed by atoms with E-state index in [1.807, 2.05) is 17.0 Å². The molecule has 2 amide bonds. The van der Waals surface area contributed by atoms with Crippen LogP contribution in [0, 0.1) is 5.92 Å². The van der Waals surface area contributed by atoms with Gasteiger partial charge in [-0.1, -0.05) is 6.92 Å². The van der Waals surface area contributed by atoms with Crippen molar-refractivity contribution in [2.75, 3.05) is 24.2 Å². The zero-order valence-corrected chi connectivity index (χ0v) is 15.4. The summed E-state index contributed by atoms with van der Waals surface area (Å²) < 4.78 is 0. The summed E-state index contributed by atoms with van der Waals surface area (Å²) in [4.78, 5) is 27.5. The second-order valence-corrected chi connectivity index (χ2v) is 7.51. The molecular formula is C17H24ClN3O2S. The number of nitrogens with one attached hydrogen (secondary N) is 1. The zero-order chi connectivity index (χ0) is 16.4. The molecule has 0 bridgehead atoms. The normalized spacial score (nSPS) is 23.6. The van der Waals surface area contributed by atoms with Crippen LogP contribution >= 0.6 is 24.2 Å². The number of thioether (sulfide) groups is 1. The fourth-order valence-electron chi connectivity index (χ4n) is 3.26. The molecule has 0 aromatic heterocycles. The third-order valence-corrected chi connectivity index (χ3v) is 5.67. The van der Waals surface area contributed by atoms with Gasteiger partial charge in [0.05, 0.1) is 5.69 Å². The minimum atomic E-state index is 0. The molecule has 3 N–H and O–H groups in total. The fourth-order valence-corrected chi connectivity index (χ4v) is 4.20. The maximum Gasteiger partial charge on any atom is 0.254 e. The minimum absolute atomic E-state index is 0. The van der Waals surface area contributed by atoms with Gasteiger partial charge >= 0.3 is 0 Å². The Morgan fingerprint density at radius 2 is 2.25 bits per heavy atom. The van der Waals surface area contributed by atoms with E-state index >= 15 is 0 Å². The Hall–Kier alpha value is -1.24. The standard InChI is InChI=1S/C17H23N3O2S.ClH/c1-11-4-6-20(13(8-11)10-18)17(22)12-2-3-15-14(9-12)19-16(21)5-7-23-15;/h2-3,9,11,13H,4-8,10,18H2,1H3,(H,19,21);1H. The van der Waals surface area contributed by atoms with Crippen LogP contribution in [0.25, 0.3) is 0 Å². The van der Waals surface area contributed by atoms with E-state index in [1.165, 1.54) is 0 Å². The minimum Gasteiger partial charge on any atom is -0.334 e. The van der Waals surface area contributed by atoms with Crippen molar-refractivity contribution < 1.29 is 9.59 Å². The molecule has 0 aliphatic carbocycles. The number of hydrogen-bond donors (Lipinski definition) is 2. The Bertz CT molecular complexity index is 626. The van der Waals surface area contributed by atoms with Crippen LogP contribution in [0.3, 0.4) is 0 Å². The van der Waals surface area contributed by atoms with Gasteiger partial charge < -0.3 is 16.0 Å². The molecule has 7 heteroatoms. The van der Waals surface area contributed by atoms with Crippen molar-refractivity contribution in [1.82, 2.24) is 4.90 Å². The van der Waals surface area contributed by atoms with Crippen LogP contribution in [0.5, 0.6) is 0 Å². The van der Waals surface area contributed by atoms with E-state index in [9.17, 15) is 9.59 Å². The largest absolute Gasteiger partial charge is 0.334 e. The second-order valence-electron chi connectivity index (χ2n) is 6.38. The highest BCUT2D eigenvalue weighted by Gasteiger charge is 2.30. The molecule has 1 fully saturated rings. The predicted molar refractivity (Wildman–Crippen MR) is 99.9 cm³/mol. The van der Waals surface area contributed by atoms with Crippen molar-refractivity contribution in [2.45, 2.75) is 37.1 Å². The van der Waals surface area contributed by atoms with Crippen molar-refractivity contribution in [2.24, 2.45) is 11.7 Å². The number of carbonyl (C=O) groups excluding carboxylic acids is 2. The van der Waals surface area contributed by atoms with E-state index in [0.717, 1.165) is 35.7 Å². The first-order valence-corrected chi connectivity index (χ1v) is 9.14. The number of anilines is 1. The van der Waals surface area contributed by atoms with Crippen LogP contribution in [0.1, 0.15) is 36.5 Å². The monoisotopic (exact) mass is 369 g/mol. The van der Waals surface area contributed by atoms with Crippen LogP contribution in [-0.2, 0) is 4.79 Å². The van der Waals surface area contributed by atoms with Gasteiger partial charge in [0.15, 0.2) is 0 Å². The van der Waals surface area contributed by atoms with Gasteiger partial charge in [-0.25, -0.2) is 0 Å². The number of piperidine rings is 1. The Morgan fingerprint density at radius 3 is 3.00 bits per heavy atom. The van der Waals surface area contributed by atoms with Crippen molar-refractivity contribution in [3.05, 3.63) is 23.8 Å². The Balaban J connectivity index is 0.00000208. The fraction of sp³-hybridized carbons (Fsp3) is 0.529. The molecule has 3 rings (SSSR count). The lowest BCUT2D eigenvalue weighted by Gasteiger charge is -2.38. The number of amides is 2. The summed E-state index contributed by atoms with van der Waals surface area (Å²) in [6, 6.07) is 5.70. The Kier molecular flexibility index (Phi) is 6.54. The third-order valence-electron chi connectivity index (χ3n) is 4.60. The topological polar surface area (TPSA) is 75.4 Å². The van der Waals surface area contributed by atoms with Crippen LogP contribution in [0.15, 0.2) is 23.1 Å². The van der Waals surface area contributed by atoms with E-state index in [2.05, 4.69) is 12.2 Å². The highest BCUT2D eigenvalue weighted by Crippen LogP contribution is 2.32. The van der Waals surface area contributed by atoms with Gasteiger partial charge in [-0.15, -0.1) is 24.2 Å². The number of halogens is 1. The maximum absolute atomic E-state index is 12.9. The molecule has 132 valence electrons. The summed E-state index contributed by atoms with van der Waals surface area (Å²) in [5, 5.41) is 2.90. The van der Waals surface area contributed by atoms with Gasteiger partial charge in [0.1, 0.15) is 0 Å². The number of nitrogens with two attached hydrogens (primary N) is 1. The zero-order valence-electron chi connectivity index (χ0n) is 13.8. The van der Waals surface area contributed by atoms with Gasteiger partial charge in [0.2, 0.25) is 5.91 Å². The first-order valence-electron chi connectivity index (χ1n) is 8.16.